The predicted molar refractivity (Wildman–Crippen MR) is 86.6 cm³/mol. The second-order valence-electron chi connectivity index (χ2n) is 5.96. The van der Waals surface area contributed by atoms with Crippen molar-refractivity contribution in [2.24, 2.45) is 5.41 Å². The monoisotopic (exact) mass is 322 g/mol. The molecule has 6 heteroatoms. The highest BCUT2D eigenvalue weighted by Gasteiger charge is 2.47. The molecule has 1 unspecified atom stereocenters. The number of rotatable bonds is 2. The Bertz CT molecular complexity index is 852. The Hall–Kier alpha value is -3.15. The summed E-state index contributed by atoms with van der Waals surface area (Å²) in [5, 5.41) is 13.9. The number of non-ortho nitro benzene ring substituents is 1. The summed E-state index contributed by atoms with van der Waals surface area (Å²) in [5.74, 6) is -0.131. The predicted octanol–water partition coefficient (Wildman–Crippen LogP) is 3.07. The van der Waals surface area contributed by atoms with E-state index in [9.17, 15) is 14.9 Å². The molecule has 1 amide bonds. The summed E-state index contributed by atoms with van der Waals surface area (Å²) in [6.07, 6.45) is 11.1. The number of ether oxygens (including phenoxy) is 1. The zero-order valence-corrected chi connectivity index (χ0v) is 12.6. The minimum absolute atomic E-state index is 0.0159. The first-order valence-electron chi connectivity index (χ1n) is 7.60. The molecule has 1 fully saturated rings. The lowest BCUT2D eigenvalue weighted by molar-refractivity contribution is -0.384. The van der Waals surface area contributed by atoms with Crippen LogP contribution in [0.5, 0.6) is 0 Å². The Labute approximate surface area is 138 Å². The molecule has 4 rings (SSSR count). The average Bonchev–Trinajstić information content (AvgIpc) is 2.87. The number of nitrogens with one attached hydrogen (secondary N) is 1. The lowest BCUT2D eigenvalue weighted by atomic mass is 9.76. The second kappa shape index (κ2) is 5.19. The van der Waals surface area contributed by atoms with Gasteiger partial charge in [0.05, 0.1) is 17.4 Å². The fraction of sp³-hybridized carbons (Fsp3) is 0.167. The molecule has 0 saturated carbocycles. The highest BCUT2D eigenvalue weighted by molar-refractivity contribution is 5.98. The molecule has 1 N–H and O–H groups in total. The first kappa shape index (κ1) is 14.4. The highest BCUT2D eigenvalue weighted by atomic mass is 16.6. The van der Waals surface area contributed by atoms with Crippen LogP contribution in [0.3, 0.4) is 0 Å². The van der Waals surface area contributed by atoms with Gasteiger partial charge in [-0.15, -0.1) is 0 Å². The van der Waals surface area contributed by atoms with E-state index in [1.54, 1.807) is 24.3 Å². The Kier molecular flexibility index (Phi) is 3.13. The molecular formula is C18H14N2O4. The van der Waals surface area contributed by atoms with Crippen LogP contribution in [0.15, 0.2) is 72.4 Å². The third-order valence-electron chi connectivity index (χ3n) is 4.63. The van der Waals surface area contributed by atoms with Crippen LogP contribution in [0.25, 0.3) is 0 Å². The molecule has 1 spiro atoms. The number of fused-ring (bicyclic) bond motifs is 2. The SMILES string of the molecule is O=C1NC2=CCC(c3cccc([N+](=O)[O-])c3)C=C2C12C=COC=C2. The minimum atomic E-state index is -0.858. The normalized spacial score (nSPS) is 23.2. The molecule has 1 aromatic carbocycles. The van der Waals surface area contributed by atoms with E-state index in [4.69, 9.17) is 4.74 Å². The van der Waals surface area contributed by atoms with Gasteiger partial charge in [-0.3, -0.25) is 14.9 Å². The molecule has 1 aliphatic carbocycles. The van der Waals surface area contributed by atoms with Crippen molar-refractivity contribution in [2.45, 2.75) is 12.3 Å². The molecule has 2 aliphatic heterocycles. The number of benzene rings is 1. The van der Waals surface area contributed by atoms with Gasteiger partial charge < -0.3 is 10.1 Å². The number of hydrogen-bond donors (Lipinski definition) is 1. The van der Waals surface area contributed by atoms with Gasteiger partial charge in [0.15, 0.2) is 0 Å². The van der Waals surface area contributed by atoms with E-state index in [1.807, 2.05) is 18.2 Å². The van der Waals surface area contributed by atoms with Crippen LogP contribution >= 0.6 is 0 Å². The molecule has 6 nitrogen and oxygen atoms in total. The zero-order chi connectivity index (χ0) is 16.7. The summed E-state index contributed by atoms with van der Waals surface area (Å²) in [7, 11) is 0. The first-order valence-corrected chi connectivity index (χ1v) is 7.60. The van der Waals surface area contributed by atoms with E-state index < -0.39 is 10.3 Å². The van der Waals surface area contributed by atoms with E-state index >= 15 is 0 Å². The van der Waals surface area contributed by atoms with Gasteiger partial charge >= 0.3 is 0 Å². The average molecular weight is 322 g/mol. The van der Waals surface area contributed by atoms with Crippen LogP contribution in [0, 0.1) is 15.5 Å². The van der Waals surface area contributed by atoms with Gasteiger partial charge in [-0.1, -0.05) is 24.3 Å². The summed E-state index contributed by atoms with van der Waals surface area (Å²) in [4.78, 5) is 23.1. The Balaban J connectivity index is 1.76. The Morgan fingerprint density at radius 3 is 2.83 bits per heavy atom. The zero-order valence-electron chi connectivity index (χ0n) is 12.6. The van der Waals surface area contributed by atoms with Crippen molar-refractivity contribution in [3.63, 3.8) is 0 Å². The van der Waals surface area contributed by atoms with Crippen molar-refractivity contribution in [3.8, 4) is 0 Å². The summed E-state index contributed by atoms with van der Waals surface area (Å²) in [6, 6.07) is 6.63. The third kappa shape index (κ3) is 2.07. The summed E-state index contributed by atoms with van der Waals surface area (Å²) < 4.78 is 5.08. The van der Waals surface area contributed by atoms with Crippen molar-refractivity contribution in [3.05, 3.63) is 88.0 Å². The van der Waals surface area contributed by atoms with Crippen molar-refractivity contribution in [2.75, 3.05) is 0 Å². The van der Waals surface area contributed by atoms with Crippen molar-refractivity contribution < 1.29 is 14.5 Å². The molecular weight excluding hydrogens is 308 g/mol. The summed E-state index contributed by atoms with van der Waals surface area (Å²) in [6.45, 7) is 0. The molecule has 0 bridgehead atoms. The van der Waals surface area contributed by atoms with Crippen molar-refractivity contribution in [1.82, 2.24) is 5.32 Å². The van der Waals surface area contributed by atoms with Crippen LogP contribution in [-0.2, 0) is 9.53 Å². The molecule has 120 valence electrons. The van der Waals surface area contributed by atoms with Gasteiger partial charge in [-0.2, -0.15) is 0 Å². The maximum atomic E-state index is 12.5. The molecule has 2 heterocycles. The van der Waals surface area contributed by atoms with Gasteiger partial charge in [0.1, 0.15) is 5.41 Å². The standard InChI is InChI=1S/C18H14N2O4/c21-17-18(6-8-24-9-7-18)15-11-13(4-5-16(15)19-17)12-2-1-3-14(10-12)20(22)23/h1-3,5-11,13H,4H2,(H,19,21). The highest BCUT2D eigenvalue weighted by Crippen LogP contribution is 2.46. The first-order chi connectivity index (χ1) is 11.6. The minimum Gasteiger partial charge on any atom is -0.473 e. The van der Waals surface area contributed by atoms with Crippen LogP contribution in [-0.4, -0.2) is 10.8 Å². The molecule has 1 saturated heterocycles. The summed E-state index contributed by atoms with van der Waals surface area (Å²) in [5.41, 5.74) is 1.75. The summed E-state index contributed by atoms with van der Waals surface area (Å²) >= 11 is 0. The molecule has 1 aromatic rings. The van der Waals surface area contributed by atoms with E-state index in [0.717, 1.165) is 16.8 Å². The second-order valence-corrected chi connectivity index (χ2v) is 5.96. The number of hydrogen-bond acceptors (Lipinski definition) is 4. The molecule has 0 aromatic heterocycles. The number of carbonyl (C=O) groups excluding carboxylic acids is 1. The topological polar surface area (TPSA) is 81.5 Å². The largest absolute Gasteiger partial charge is 0.473 e. The number of amides is 1. The van der Waals surface area contributed by atoms with Gasteiger partial charge in [0.2, 0.25) is 5.91 Å². The number of nitrogens with zero attached hydrogens (tertiary/aromatic N) is 1. The van der Waals surface area contributed by atoms with Gasteiger partial charge in [-0.05, 0) is 29.7 Å². The lowest BCUT2D eigenvalue weighted by Gasteiger charge is -2.25. The lowest BCUT2D eigenvalue weighted by Crippen LogP contribution is -2.29. The number of allylic oxidation sites excluding steroid dienone is 3. The van der Waals surface area contributed by atoms with Gasteiger partial charge in [-0.25, -0.2) is 0 Å². The van der Waals surface area contributed by atoms with E-state index in [2.05, 4.69) is 5.32 Å². The maximum Gasteiger partial charge on any atom is 0.269 e. The number of carbonyl (C=O) groups is 1. The number of nitro groups is 1. The van der Waals surface area contributed by atoms with Gasteiger partial charge in [0, 0.05) is 23.7 Å². The van der Waals surface area contributed by atoms with Crippen molar-refractivity contribution in [1.29, 1.82) is 0 Å². The maximum absolute atomic E-state index is 12.5. The van der Waals surface area contributed by atoms with Crippen LogP contribution < -0.4 is 5.32 Å². The fourth-order valence-electron chi connectivity index (χ4n) is 3.37. The van der Waals surface area contributed by atoms with E-state index in [1.165, 1.54) is 18.6 Å². The molecule has 1 atom stereocenters. The molecule has 24 heavy (non-hydrogen) atoms. The van der Waals surface area contributed by atoms with Crippen LogP contribution in [0.4, 0.5) is 5.69 Å². The quantitative estimate of drug-likeness (QED) is 0.670. The van der Waals surface area contributed by atoms with Crippen molar-refractivity contribution >= 4 is 11.6 Å². The Morgan fingerprint density at radius 2 is 2.08 bits per heavy atom. The van der Waals surface area contributed by atoms with Gasteiger partial charge in [0.25, 0.3) is 5.69 Å². The van der Waals surface area contributed by atoms with Crippen LogP contribution in [0.1, 0.15) is 17.9 Å². The fourth-order valence-corrected chi connectivity index (χ4v) is 3.37. The van der Waals surface area contributed by atoms with E-state index in [0.29, 0.717) is 6.42 Å². The smallest absolute Gasteiger partial charge is 0.269 e. The molecule has 3 aliphatic rings. The third-order valence-corrected chi connectivity index (χ3v) is 4.63. The Morgan fingerprint density at radius 1 is 1.29 bits per heavy atom. The molecule has 0 radical (unpaired) electrons. The number of nitro benzene ring substituents is 1. The van der Waals surface area contributed by atoms with Crippen LogP contribution in [0.2, 0.25) is 0 Å². The van der Waals surface area contributed by atoms with E-state index in [-0.39, 0.29) is 17.5 Å².